The van der Waals surface area contributed by atoms with E-state index >= 15 is 0 Å². The molecule has 1 aliphatic rings. The van der Waals surface area contributed by atoms with E-state index in [0.29, 0.717) is 12.6 Å². The van der Waals surface area contributed by atoms with E-state index < -0.39 is 0 Å². The van der Waals surface area contributed by atoms with Crippen LogP contribution in [-0.2, 0) is 6.54 Å². The van der Waals surface area contributed by atoms with Gasteiger partial charge in [-0.2, -0.15) is 5.10 Å². The molecule has 0 saturated heterocycles. The quantitative estimate of drug-likeness (QED) is 0.715. The van der Waals surface area contributed by atoms with E-state index in [1.54, 1.807) is 6.20 Å². The molecule has 0 aromatic carbocycles. The molecule has 0 amide bonds. The van der Waals surface area contributed by atoms with E-state index in [4.69, 9.17) is 4.74 Å². The summed E-state index contributed by atoms with van der Waals surface area (Å²) in [5.74, 6) is 1.77. The average Bonchev–Trinajstić information content (AvgIpc) is 3.04. The Morgan fingerprint density at radius 1 is 1.62 bits per heavy atom. The van der Waals surface area contributed by atoms with Gasteiger partial charge >= 0.3 is 0 Å². The molecule has 16 heavy (non-hydrogen) atoms. The first-order valence-corrected chi connectivity index (χ1v) is 6.18. The van der Waals surface area contributed by atoms with E-state index in [1.165, 1.54) is 12.8 Å². The van der Waals surface area contributed by atoms with Crippen molar-refractivity contribution >= 4 is 0 Å². The molecule has 1 saturated carbocycles. The van der Waals surface area contributed by atoms with Gasteiger partial charge in [0.05, 0.1) is 12.4 Å². The summed E-state index contributed by atoms with van der Waals surface area (Å²) in [6, 6.07) is 0.641. The summed E-state index contributed by atoms with van der Waals surface area (Å²) in [4.78, 5) is 0. The predicted molar refractivity (Wildman–Crippen MR) is 63.6 cm³/mol. The SMILES string of the molecule is CCn1cc(OCCNC(C)C2CC2)cn1. The maximum absolute atomic E-state index is 5.59. The van der Waals surface area contributed by atoms with Crippen molar-refractivity contribution in [3.63, 3.8) is 0 Å². The lowest BCUT2D eigenvalue weighted by Crippen LogP contribution is -2.31. The van der Waals surface area contributed by atoms with Crippen LogP contribution in [-0.4, -0.2) is 29.0 Å². The Balaban J connectivity index is 1.60. The van der Waals surface area contributed by atoms with Gasteiger partial charge in [0.15, 0.2) is 5.75 Å². The van der Waals surface area contributed by atoms with Crippen LogP contribution in [0.5, 0.6) is 5.75 Å². The summed E-state index contributed by atoms with van der Waals surface area (Å²) in [7, 11) is 0. The number of hydrogen-bond acceptors (Lipinski definition) is 3. The Hall–Kier alpha value is -1.03. The summed E-state index contributed by atoms with van der Waals surface area (Å²) in [5.41, 5.74) is 0. The van der Waals surface area contributed by atoms with Crippen LogP contribution in [0.3, 0.4) is 0 Å². The van der Waals surface area contributed by atoms with Crippen molar-refractivity contribution in [3.8, 4) is 5.75 Å². The molecular formula is C12H21N3O. The average molecular weight is 223 g/mol. The van der Waals surface area contributed by atoms with E-state index in [-0.39, 0.29) is 0 Å². The minimum absolute atomic E-state index is 0.641. The number of rotatable bonds is 7. The fraction of sp³-hybridized carbons (Fsp3) is 0.750. The van der Waals surface area contributed by atoms with E-state index in [0.717, 1.165) is 24.8 Å². The summed E-state index contributed by atoms with van der Waals surface area (Å²) in [6.45, 7) is 6.84. The molecule has 2 rings (SSSR count). The Morgan fingerprint density at radius 3 is 3.06 bits per heavy atom. The van der Waals surface area contributed by atoms with Gasteiger partial charge in [0.1, 0.15) is 6.61 Å². The Labute approximate surface area is 97.0 Å². The number of hydrogen-bond donors (Lipinski definition) is 1. The predicted octanol–water partition coefficient (Wildman–Crippen LogP) is 1.67. The van der Waals surface area contributed by atoms with Gasteiger partial charge in [0, 0.05) is 19.1 Å². The number of aryl methyl sites for hydroxylation is 1. The van der Waals surface area contributed by atoms with Crippen molar-refractivity contribution in [2.24, 2.45) is 5.92 Å². The van der Waals surface area contributed by atoms with Gasteiger partial charge < -0.3 is 10.1 Å². The zero-order chi connectivity index (χ0) is 11.4. The molecule has 0 spiro atoms. The van der Waals surface area contributed by atoms with Crippen molar-refractivity contribution in [3.05, 3.63) is 12.4 Å². The van der Waals surface area contributed by atoms with Crippen molar-refractivity contribution in [2.75, 3.05) is 13.2 Å². The molecule has 1 heterocycles. The highest BCUT2D eigenvalue weighted by atomic mass is 16.5. The molecule has 1 N–H and O–H groups in total. The fourth-order valence-electron chi connectivity index (χ4n) is 1.81. The highest BCUT2D eigenvalue weighted by Crippen LogP contribution is 2.32. The van der Waals surface area contributed by atoms with Crippen LogP contribution in [0.2, 0.25) is 0 Å². The molecule has 90 valence electrons. The fourth-order valence-corrected chi connectivity index (χ4v) is 1.81. The molecule has 1 atom stereocenters. The Bertz CT molecular complexity index is 320. The minimum Gasteiger partial charge on any atom is -0.489 e. The molecule has 0 bridgehead atoms. The summed E-state index contributed by atoms with van der Waals surface area (Å²) in [5, 5.41) is 7.64. The molecule has 4 heteroatoms. The third-order valence-corrected chi connectivity index (χ3v) is 3.10. The third kappa shape index (κ3) is 3.23. The van der Waals surface area contributed by atoms with Gasteiger partial charge in [-0.05, 0) is 32.6 Å². The zero-order valence-corrected chi connectivity index (χ0v) is 10.1. The smallest absolute Gasteiger partial charge is 0.157 e. The highest BCUT2D eigenvalue weighted by Gasteiger charge is 2.27. The second kappa shape index (κ2) is 5.34. The lowest BCUT2D eigenvalue weighted by atomic mass is 10.2. The van der Waals surface area contributed by atoms with E-state index in [2.05, 4.69) is 24.3 Å². The topological polar surface area (TPSA) is 39.1 Å². The lowest BCUT2D eigenvalue weighted by Gasteiger charge is -2.12. The molecule has 0 aliphatic heterocycles. The van der Waals surface area contributed by atoms with Crippen molar-refractivity contribution in [2.45, 2.75) is 39.3 Å². The summed E-state index contributed by atoms with van der Waals surface area (Å²) >= 11 is 0. The van der Waals surface area contributed by atoms with Crippen LogP contribution in [0.4, 0.5) is 0 Å². The van der Waals surface area contributed by atoms with Gasteiger partial charge in [-0.15, -0.1) is 0 Å². The molecule has 1 aliphatic carbocycles. The Morgan fingerprint density at radius 2 is 2.44 bits per heavy atom. The number of nitrogens with zero attached hydrogens (tertiary/aromatic N) is 2. The first-order valence-electron chi connectivity index (χ1n) is 6.18. The first kappa shape index (κ1) is 11.5. The molecule has 1 aromatic rings. The lowest BCUT2D eigenvalue weighted by molar-refractivity contribution is 0.303. The van der Waals surface area contributed by atoms with Crippen molar-refractivity contribution < 1.29 is 4.74 Å². The van der Waals surface area contributed by atoms with Crippen LogP contribution in [0.1, 0.15) is 26.7 Å². The monoisotopic (exact) mass is 223 g/mol. The van der Waals surface area contributed by atoms with Crippen molar-refractivity contribution in [1.29, 1.82) is 0 Å². The molecular weight excluding hydrogens is 202 g/mol. The highest BCUT2D eigenvalue weighted by molar-refractivity contribution is 5.11. The van der Waals surface area contributed by atoms with Gasteiger partial charge in [-0.1, -0.05) is 0 Å². The molecule has 1 unspecified atom stereocenters. The number of nitrogens with one attached hydrogen (secondary N) is 1. The standard InChI is InChI=1S/C12H21N3O/c1-3-15-9-12(8-14-15)16-7-6-13-10(2)11-4-5-11/h8-11,13H,3-7H2,1-2H3. The molecule has 4 nitrogen and oxygen atoms in total. The molecule has 0 radical (unpaired) electrons. The summed E-state index contributed by atoms with van der Waals surface area (Å²) < 4.78 is 7.46. The van der Waals surface area contributed by atoms with Crippen LogP contribution in [0.15, 0.2) is 12.4 Å². The maximum Gasteiger partial charge on any atom is 0.157 e. The van der Waals surface area contributed by atoms with Gasteiger partial charge in [0.2, 0.25) is 0 Å². The van der Waals surface area contributed by atoms with Gasteiger partial charge in [0.25, 0.3) is 0 Å². The maximum atomic E-state index is 5.59. The first-order chi connectivity index (χ1) is 7.79. The largest absolute Gasteiger partial charge is 0.489 e. The van der Waals surface area contributed by atoms with Crippen LogP contribution in [0.25, 0.3) is 0 Å². The second-order valence-corrected chi connectivity index (χ2v) is 4.46. The molecule has 1 aromatic heterocycles. The van der Waals surface area contributed by atoms with Crippen LogP contribution >= 0.6 is 0 Å². The number of aromatic nitrogens is 2. The minimum atomic E-state index is 0.641. The van der Waals surface area contributed by atoms with Gasteiger partial charge in [-0.25, -0.2) is 0 Å². The second-order valence-electron chi connectivity index (χ2n) is 4.46. The van der Waals surface area contributed by atoms with Crippen LogP contribution in [0, 0.1) is 5.92 Å². The summed E-state index contributed by atoms with van der Waals surface area (Å²) in [6.07, 6.45) is 6.48. The van der Waals surface area contributed by atoms with E-state index in [1.807, 2.05) is 10.9 Å². The Kier molecular flexibility index (Phi) is 3.83. The van der Waals surface area contributed by atoms with Gasteiger partial charge in [-0.3, -0.25) is 4.68 Å². The third-order valence-electron chi connectivity index (χ3n) is 3.10. The van der Waals surface area contributed by atoms with Crippen molar-refractivity contribution in [1.82, 2.24) is 15.1 Å². The number of ether oxygens (including phenoxy) is 1. The zero-order valence-electron chi connectivity index (χ0n) is 10.1. The normalized spacial score (nSPS) is 17.4. The molecule has 1 fully saturated rings. The van der Waals surface area contributed by atoms with Crippen LogP contribution < -0.4 is 10.1 Å². The van der Waals surface area contributed by atoms with E-state index in [9.17, 15) is 0 Å².